The maximum absolute atomic E-state index is 13.4. The van der Waals surface area contributed by atoms with E-state index in [0.717, 1.165) is 17.4 Å². The SMILES string of the molecule is C=CS(=O)(=O)NCC1CCCN(S(=O)(=O)c2ccccc2-c2ccccc2)C1. The molecule has 28 heavy (non-hydrogen) atoms. The number of piperidine rings is 1. The molecule has 8 heteroatoms. The molecule has 1 N–H and O–H groups in total. The summed E-state index contributed by atoms with van der Waals surface area (Å²) >= 11 is 0. The molecule has 1 fully saturated rings. The summed E-state index contributed by atoms with van der Waals surface area (Å²) in [7, 11) is -7.22. The van der Waals surface area contributed by atoms with Crippen LogP contribution in [0.2, 0.25) is 0 Å². The van der Waals surface area contributed by atoms with E-state index in [0.29, 0.717) is 18.5 Å². The lowest BCUT2D eigenvalue weighted by molar-refractivity contribution is 0.267. The fourth-order valence-corrected chi connectivity index (χ4v) is 5.75. The predicted octanol–water partition coefficient (Wildman–Crippen LogP) is 2.82. The number of nitrogens with zero attached hydrogens (tertiary/aromatic N) is 1. The topological polar surface area (TPSA) is 83.6 Å². The first-order chi connectivity index (χ1) is 13.3. The highest BCUT2D eigenvalue weighted by molar-refractivity contribution is 7.92. The minimum atomic E-state index is -3.70. The van der Waals surface area contributed by atoms with Crippen LogP contribution in [0.3, 0.4) is 0 Å². The van der Waals surface area contributed by atoms with Crippen molar-refractivity contribution >= 4 is 20.0 Å². The molecule has 6 nitrogen and oxygen atoms in total. The van der Waals surface area contributed by atoms with Crippen LogP contribution in [0.1, 0.15) is 12.8 Å². The Morgan fingerprint density at radius 3 is 2.43 bits per heavy atom. The van der Waals surface area contributed by atoms with Gasteiger partial charge in [-0.05, 0) is 30.4 Å². The Hall–Kier alpha value is -2.00. The number of hydrogen-bond acceptors (Lipinski definition) is 4. The van der Waals surface area contributed by atoms with Gasteiger partial charge in [-0.3, -0.25) is 0 Å². The van der Waals surface area contributed by atoms with Gasteiger partial charge in [0.1, 0.15) is 0 Å². The van der Waals surface area contributed by atoms with Crippen LogP contribution in [0.4, 0.5) is 0 Å². The standard InChI is InChI=1S/C20H24N2O4S2/c1-2-27(23,24)21-15-17-9-8-14-22(16-17)28(25,26)20-13-7-6-12-19(20)18-10-4-3-5-11-18/h2-7,10-13,17,21H,1,8-9,14-16H2. The molecule has 3 rings (SSSR count). The molecular weight excluding hydrogens is 396 g/mol. The van der Waals surface area contributed by atoms with Gasteiger partial charge in [0.2, 0.25) is 20.0 Å². The molecule has 0 radical (unpaired) electrons. The molecule has 0 aliphatic carbocycles. The zero-order valence-electron chi connectivity index (χ0n) is 15.5. The second-order valence-corrected chi connectivity index (χ2v) is 10.4. The second kappa shape index (κ2) is 8.57. The molecule has 0 saturated carbocycles. The first-order valence-electron chi connectivity index (χ1n) is 9.10. The lowest BCUT2D eigenvalue weighted by atomic mass is 10.0. The van der Waals surface area contributed by atoms with Crippen molar-refractivity contribution in [3.05, 3.63) is 66.6 Å². The fourth-order valence-electron chi connectivity index (χ4n) is 3.39. The third kappa shape index (κ3) is 4.70. The summed E-state index contributed by atoms with van der Waals surface area (Å²) in [4.78, 5) is 0.272. The van der Waals surface area contributed by atoms with Crippen molar-refractivity contribution in [2.75, 3.05) is 19.6 Å². The van der Waals surface area contributed by atoms with Crippen molar-refractivity contribution < 1.29 is 16.8 Å². The van der Waals surface area contributed by atoms with E-state index in [1.807, 2.05) is 42.5 Å². The van der Waals surface area contributed by atoms with Gasteiger partial charge >= 0.3 is 0 Å². The zero-order chi connectivity index (χ0) is 20.2. The van der Waals surface area contributed by atoms with Gasteiger partial charge in [0.25, 0.3) is 0 Å². The zero-order valence-corrected chi connectivity index (χ0v) is 17.1. The van der Waals surface area contributed by atoms with Gasteiger partial charge in [0.15, 0.2) is 0 Å². The van der Waals surface area contributed by atoms with E-state index in [1.165, 1.54) is 4.31 Å². The number of benzene rings is 2. The van der Waals surface area contributed by atoms with Gasteiger partial charge in [-0.1, -0.05) is 55.1 Å². The molecular formula is C20H24N2O4S2. The van der Waals surface area contributed by atoms with Gasteiger partial charge in [0, 0.05) is 30.6 Å². The second-order valence-electron chi connectivity index (χ2n) is 6.79. The first-order valence-corrected chi connectivity index (χ1v) is 12.1. The highest BCUT2D eigenvalue weighted by Crippen LogP contribution is 2.31. The van der Waals surface area contributed by atoms with Gasteiger partial charge in [-0.15, -0.1) is 0 Å². The number of nitrogens with one attached hydrogen (secondary N) is 1. The van der Waals surface area contributed by atoms with E-state index in [-0.39, 0.29) is 23.9 Å². The van der Waals surface area contributed by atoms with E-state index in [4.69, 9.17) is 0 Å². The fraction of sp³-hybridized carbons (Fsp3) is 0.300. The molecule has 1 heterocycles. The van der Waals surface area contributed by atoms with Crippen LogP contribution in [0.5, 0.6) is 0 Å². The lowest BCUT2D eigenvalue weighted by Gasteiger charge is -2.32. The molecule has 2 aromatic rings. The van der Waals surface area contributed by atoms with Crippen molar-refractivity contribution in [3.8, 4) is 11.1 Å². The smallest absolute Gasteiger partial charge is 0.211 e. The molecule has 150 valence electrons. The first kappa shape index (κ1) is 20.7. The quantitative estimate of drug-likeness (QED) is 0.747. The Morgan fingerprint density at radius 1 is 1.04 bits per heavy atom. The summed E-state index contributed by atoms with van der Waals surface area (Å²) in [5.74, 6) is -0.0814. The molecule has 1 atom stereocenters. The minimum Gasteiger partial charge on any atom is -0.211 e. The average molecular weight is 421 g/mol. The largest absolute Gasteiger partial charge is 0.243 e. The number of hydrogen-bond donors (Lipinski definition) is 1. The van der Waals surface area contributed by atoms with Crippen molar-refractivity contribution in [2.24, 2.45) is 5.92 Å². The Kier molecular flexibility index (Phi) is 6.34. The molecule has 0 bridgehead atoms. The van der Waals surface area contributed by atoms with Crippen LogP contribution in [0, 0.1) is 5.92 Å². The molecule has 0 aromatic heterocycles. The van der Waals surface area contributed by atoms with Crippen molar-refractivity contribution in [1.29, 1.82) is 0 Å². The molecule has 1 unspecified atom stereocenters. The van der Waals surface area contributed by atoms with Gasteiger partial charge in [-0.2, -0.15) is 4.31 Å². The Bertz CT molecular complexity index is 1030. The Labute approximate surface area is 167 Å². The highest BCUT2D eigenvalue weighted by Gasteiger charge is 2.32. The lowest BCUT2D eigenvalue weighted by Crippen LogP contribution is -2.43. The van der Waals surface area contributed by atoms with Crippen LogP contribution < -0.4 is 4.72 Å². The van der Waals surface area contributed by atoms with E-state index in [1.54, 1.807) is 12.1 Å². The maximum Gasteiger partial charge on any atom is 0.243 e. The summed E-state index contributed by atoms with van der Waals surface area (Å²) in [6.45, 7) is 4.18. The summed E-state index contributed by atoms with van der Waals surface area (Å²) < 4.78 is 53.8. The molecule has 2 aromatic carbocycles. The van der Waals surface area contributed by atoms with Gasteiger partial charge in [0.05, 0.1) is 4.90 Å². The molecule has 1 aliphatic heterocycles. The maximum atomic E-state index is 13.4. The third-order valence-electron chi connectivity index (χ3n) is 4.86. The van der Waals surface area contributed by atoms with Crippen LogP contribution >= 0.6 is 0 Å². The van der Waals surface area contributed by atoms with E-state index in [2.05, 4.69) is 11.3 Å². The molecule has 0 spiro atoms. The third-order valence-corrected chi connectivity index (χ3v) is 7.80. The van der Waals surface area contributed by atoms with Crippen LogP contribution in [-0.2, 0) is 20.0 Å². The normalized spacial score (nSPS) is 18.6. The summed E-state index contributed by atoms with van der Waals surface area (Å²) in [5, 5.41) is 0.862. The van der Waals surface area contributed by atoms with E-state index in [9.17, 15) is 16.8 Å². The summed E-state index contributed by atoms with van der Waals surface area (Å²) in [5.41, 5.74) is 1.51. The monoisotopic (exact) mass is 420 g/mol. The van der Waals surface area contributed by atoms with E-state index < -0.39 is 20.0 Å². The molecule has 0 amide bonds. The van der Waals surface area contributed by atoms with Gasteiger partial charge in [-0.25, -0.2) is 21.6 Å². The molecule has 1 aliphatic rings. The van der Waals surface area contributed by atoms with Crippen molar-refractivity contribution in [1.82, 2.24) is 9.03 Å². The van der Waals surface area contributed by atoms with Crippen LogP contribution in [0.15, 0.2) is 71.5 Å². The molecule has 1 saturated heterocycles. The number of rotatable bonds is 7. The van der Waals surface area contributed by atoms with Crippen molar-refractivity contribution in [2.45, 2.75) is 17.7 Å². The minimum absolute atomic E-state index is 0.0814. The van der Waals surface area contributed by atoms with Crippen LogP contribution in [-0.4, -0.2) is 40.8 Å². The average Bonchev–Trinajstić information content (AvgIpc) is 2.73. The van der Waals surface area contributed by atoms with E-state index >= 15 is 0 Å². The van der Waals surface area contributed by atoms with Crippen LogP contribution in [0.25, 0.3) is 11.1 Å². The summed E-state index contributed by atoms with van der Waals surface area (Å²) in [6, 6.07) is 16.4. The predicted molar refractivity (Wildman–Crippen MR) is 110 cm³/mol. The Morgan fingerprint density at radius 2 is 1.71 bits per heavy atom. The van der Waals surface area contributed by atoms with Gasteiger partial charge < -0.3 is 0 Å². The Balaban J connectivity index is 1.84. The summed E-state index contributed by atoms with van der Waals surface area (Å²) in [6.07, 6.45) is 1.46. The number of sulfonamides is 2. The highest BCUT2D eigenvalue weighted by atomic mass is 32.2. The van der Waals surface area contributed by atoms with Crippen molar-refractivity contribution in [3.63, 3.8) is 0 Å².